The quantitative estimate of drug-likeness (QED) is 0.679. The second-order valence-electron chi connectivity index (χ2n) is 9.32. The highest BCUT2D eigenvalue weighted by molar-refractivity contribution is 6.11. The first-order chi connectivity index (χ1) is 15.1. The molecule has 0 aromatic heterocycles. The molecular weight excluding hydrogens is 409 g/mol. The lowest BCUT2D eigenvalue weighted by atomic mass is 9.63. The normalized spacial score (nSPS) is 19.2. The fourth-order valence-corrected chi connectivity index (χ4v) is 5.25. The summed E-state index contributed by atoms with van der Waals surface area (Å²) >= 11 is 0. The number of aryl methyl sites for hydroxylation is 2. The standard InChI is InChI=1S/C26H28FNO4/c1-15-9-19(18-5-7-20(27)8-6-18)10-16(2)23(15)24-21(29)11-26(12-22(24)30)13-28(14-26)25(31)17(3)32-4/h5-10,17,24H,11-14H2,1-4H3. The molecule has 2 fully saturated rings. The SMILES string of the molecule is COC(C)C(=O)N1CC2(CC(=O)C(c3c(C)cc(-c4ccc(F)cc4)cc3C)C(=O)C2)C1. The first kappa shape index (κ1) is 22.3. The summed E-state index contributed by atoms with van der Waals surface area (Å²) in [5.74, 6) is -1.31. The van der Waals surface area contributed by atoms with Gasteiger partial charge in [0.2, 0.25) is 0 Å². The number of benzene rings is 2. The Morgan fingerprint density at radius 3 is 2.06 bits per heavy atom. The first-order valence-electron chi connectivity index (χ1n) is 10.9. The average molecular weight is 438 g/mol. The summed E-state index contributed by atoms with van der Waals surface area (Å²) in [5.41, 5.74) is 3.91. The Morgan fingerprint density at radius 1 is 1.03 bits per heavy atom. The number of carbonyl (C=O) groups excluding carboxylic acids is 3. The van der Waals surface area contributed by atoms with Crippen LogP contribution in [0.1, 0.15) is 42.4 Å². The highest BCUT2D eigenvalue weighted by Crippen LogP contribution is 2.46. The largest absolute Gasteiger partial charge is 0.372 e. The highest BCUT2D eigenvalue weighted by Gasteiger charge is 2.53. The van der Waals surface area contributed by atoms with Crippen LogP contribution in [0.5, 0.6) is 0 Å². The Labute approximate surface area is 187 Å². The molecular formula is C26H28FNO4. The number of Topliss-reactive ketones (excluding diaryl/α,β-unsaturated/α-hetero) is 2. The van der Waals surface area contributed by atoms with Crippen LogP contribution in [-0.2, 0) is 19.1 Å². The molecule has 1 aliphatic carbocycles. The molecule has 1 aliphatic heterocycles. The molecule has 1 amide bonds. The van der Waals surface area contributed by atoms with Crippen LogP contribution in [0.4, 0.5) is 4.39 Å². The molecule has 0 radical (unpaired) electrons. The predicted octanol–water partition coefficient (Wildman–Crippen LogP) is 3.99. The van der Waals surface area contributed by atoms with Gasteiger partial charge in [0.05, 0.1) is 0 Å². The third kappa shape index (κ3) is 3.88. The third-order valence-electron chi connectivity index (χ3n) is 6.87. The van der Waals surface area contributed by atoms with Crippen LogP contribution in [0.2, 0.25) is 0 Å². The Bertz CT molecular complexity index is 1040. The summed E-state index contributed by atoms with van der Waals surface area (Å²) in [5, 5.41) is 0. The van der Waals surface area contributed by atoms with Crippen LogP contribution in [0, 0.1) is 25.1 Å². The summed E-state index contributed by atoms with van der Waals surface area (Å²) in [6, 6.07) is 10.2. The molecule has 2 aromatic rings. The molecule has 168 valence electrons. The van der Waals surface area contributed by atoms with Crippen molar-refractivity contribution in [2.24, 2.45) is 5.41 Å². The van der Waals surface area contributed by atoms with Gasteiger partial charge >= 0.3 is 0 Å². The topological polar surface area (TPSA) is 63.7 Å². The maximum atomic E-state index is 13.3. The number of amides is 1. The highest BCUT2D eigenvalue weighted by atomic mass is 19.1. The van der Waals surface area contributed by atoms with Crippen molar-refractivity contribution in [1.82, 2.24) is 4.90 Å². The lowest BCUT2D eigenvalue weighted by Gasteiger charge is -2.52. The van der Waals surface area contributed by atoms with Crippen LogP contribution in [0.25, 0.3) is 11.1 Å². The zero-order valence-corrected chi connectivity index (χ0v) is 18.9. The number of ether oxygens (including phenoxy) is 1. The van der Waals surface area contributed by atoms with E-state index in [0.29, 0.717) is 25.9 Å². The van der Waals surface area contributed by atoms with Gasteiger partial charge in [0.15, 0.2) is 0 Å². The molecule has 1 heterocycles. The third-order valence-corrected chi connectivity index (χ3v) is 6.87. The fourth-order valence-electron chi connectivity index (χ4n) is 5.25. The number of ketones is 2. The van der Waals surface area contributed by atoms with E-state index in [2.05, 4.69) is 0 Å². The molecule has 4 rings (SSSR count). The van der Waals surface area contributed by atoms with Gasteiger partial charge in [0.1, 0.15) is 29.4 Å². The maximum absolute atomic E-state index is 13.3. The van der Waals surface area contributed by atoms with E-state index in [9.17, 15) is 18.8 Å². The number of methoxy groups -OCH3 is 1. The van der Waals surface area contributed by atoms with E-state index in [0.717, 1.165) is 27.8 Å². The van der Waals surface area contributed by atoms with Crippen LogP contribution < -0.4 is 0 Å². The van der Waals surface area contributed by atoms with Crippen molar-refractivity contribution in [3.05, 3.63) is 58.9 Å². The van der Waals surface area contributed by atoms with Crippen molar-refractivity contribution in [3.8, 4) is 11.1 Å². The number of carbonyl (C=O) groups is 3. The van der Waals surface area contributed by atoms with Gasteiger partial charge in [0, 0.05) is 38.5 Å². The lowest BCUT2D eigenvalue weighted by molar-refractivity contribution is -0.161. The van der Waals surface area contributed by atoms with Crippen molar-refractivity contribution in [2.75, 3.05) is 20.2 Å². The average Bonchev–Trinajstić information content (AvgIpc) is 2.72. The van der Waals surface area contributed by atoms with Crippen molar-refractivity contribution >= 4 is 17.5 Å². The van der Waals surface area contributed by atoms with Gasteiger partial charge in [-0.1, -0.05) is 24.3 Å². The molecule has 2 aromatic carbocycles. The zero-order chi connectivity index (χ0) is 23.2. The van der Waals surface area contributed by atoms with Crippen LogP contribution in [0.3, 0.4) is 0 Å². The van der Waals surface area contributed by atoms with Gasteiger partial charge in [-0.3, -0.25) is 14.4 Å². The minimum absolute atomic E-state index is 0.0751. The Hall–Kier alpha value is -2.86. The molecule has 1 saturated carbocycles. The molecule has 1 atom stereocenters. The van der Waals surface area contributed by atoms with E-state index in [1.165, 1.54) is 19.2 Å². The van der Waals surface area contributed by atoms with Gasteiger partial charge < -0.3 is 9.64 Å². The number of hydrogen-bond acceptors (Lipinski definition) is 4. The Balaban J connectivity index is 1.54. The maximum Gasteiger partial charge on any atom is 0.251 e. The molecule has 1 saturated heterocycles. The molecule has 5 nitrogen and oxygen atoms in total. The minimum atomic E-state index is -0.759. The van der Waals surface area contributed by atoms with Crippen molar-refractivity contribution in [2.45, 2.75) is 45.6 Å². The van der Waals surface area contributed by atoms with Crippen LogP contribution in [-0.4, -0.2) is 48.7 Å². The predicted molar refractivity (Wildman–Crippen MR) is 119 cm³/mol. The van der Waals surface area contributed by atoms with E-state index >= 15 is 0 Å². The molecule has 1 unspecified atom stereocenters. The van der Waals surface area contributed by atoms with Gasteiger partial charge in [0.25, 0.3) is 5.91 Å². The van der Waals surface area contributed by atoms with Crippen molar-refractivity contribution in [3.63, 3.8) is 0 Å². The number of nitrogens with zero attached hydrogens (tertiary/aromatic N) is 1. The van der Waals surface area contributed by atoms with Crippen LogP contribution >= 0.6 is 0 Å². The smallest absolute Gasteiger partial charge is 0.251 e. The van der Waals surface area contributed by atoms with E-state index in [1.54, 1.807) is 24.0 Å². The summed E-state index contributed by atoms with van der Waals surface area (Å²) in [6.07, 6.45) is 0.0697. The molecule has 0 N–H and O–H groups in total. The molecule has 0 bridgehead atoms. The van der Waals surface area contributed by atoms with Crippen molar-refractivity contribution < 1.29 is 23.5 Å². The number of halogens is 1. The monoisotopic (exact) mass is 437 g/mol. The van der Waals surface area contributed by atoms with Gasteiger partial charge in [-0.25, -0.2) is 4.39 Å². The second-order valence-corrected chi connectivity index (χ2v) is 9.32. The summed E-state index contributed by atoms with van der Waals surface area (Å²) < 4.78 is 18.4. The second kappa shape index (κ2) is 8.24. The molecule has 6 heteroatoms. The number of rotatable bonds is 4. The van der Waals surface area contributed by atoms with Crippen LogP contribution in [0.15, 0.2) is 36.4 Å². The summed E-state index contributed by atoms with van der Waals surface area (Å²) in [7, 11) is 1.49. The van der Waals surface area contributed by atoms with Gasteiger partial charge in [-0.2, -0.15) is 0 Å². The van der Waals surface area contributed by atoms with E-state index in [1.807, 2.05) is 26.0 Å². The lowest BCUT2D eigenvalue weighted by Crippen LogP contribution is -2.63. The Morgan fingerprint density at radius 2 is 1.56 bits per heavy atom. The Kier molecular flexibility index (Phi) is 5.76. The summed E-state index contributed by atoms with van der Waals surface area (Å²) in [6.45, 7) is 6.37. The van der Waals surface area contributed by atoms with Gasteiger partial charge in [-0.05, 0) is 60.7 Å². The van der Waals surface area contributed by atoms with Crippen molar-refractivity contribution in [1.29, 1.82) is 0 Å². The molecule has 1 spiro atoms. The number of hydrogen-bond donors (Lipinski definition) is 0. The minimum Gasteiger partial charge on any atom is -0.372 e. The van der Waals surface area contributed by atoms with Gasteiger partial charge in [-0.15, -0.1) is 0 Å². The molecule has 32 heavy (non-hydrogen) atoms. The van der Waals surface area contributed by atoms with E-state index < -0.39 is 17.4 Å². The van der Waals surface area contributed by atoms with E-state index in [-0.39, 0.29) is 23.3 Å². The fraction of sp³-hybridized carbons (Fsp3) is 0.423. The first-order valence-corrected chi connectivity index (χ1v) is 10.9. The van der Waals surface area contributed by atoms with E-state index in [4.69, 9.17) is 4.74 Å². The summed E-state index contributed by atoms with van der Waals surface area (Å²) in [4.78, 5) is 40.3. The molecule has 2 aliphatic rings. The zero-order valence-electron chi connectivity index (χ0n) is 18.9. The number of likely N-dealkylation sites (tertiary alicyclic amines) is 1.